The first-order valence-corrected chi connectivity index (χ1v) is 12.3. The first-order valence-electron chi connectivity index (χ1n) is 11.1. The summed E-state index contributed by atoms with van der Waals surface area (Å²) in [4.78, 5) is 16.9. The molecule has 176 valence electrons. The second-order valence-electron chi connectivity index (χ2n) is 8.67. The first kappa shape index (κ1) is 23.6. The summed E-state index contributed by atoms with van der Waals surface area (Å²) in [5.41, 5.74) is 4.72. The van der Waals surface area contributed by atoms with Gasteiger partial charge in [0.15, 0.2) is 11.0 Å². The van der Waals surface area contributed by atoms with Crippen LogP contribution in [-0.2, 0) is 4.74 Å². The van der Waals surface area contributed by atoms with Crippen LogP contribution in [0.5, 0.6) is 11.5 Å². The molecule has 0 atom stereocenters. The van der Waals surface area contributed by atoms with Crippen molar-refractivity contribution in [3.63, 3.8) is 0 Å². The van der Waals surface area contributed by atoms with Gasteiger partial charge in [-0.3, -0.25) is 0 Å². The van der Waals surface area contributed by atoms with Crippen LogP contribution in [0.25, 0.3) is 22.2 Å². The van der Waals surface area contributed by atoms with Crippen LogP contribution in [-0.4, -0.2) is 61.2 Å². The number of benzene rings is 1. The molecule has 3 heterocycles. The van der Waals surface area contributed by atoms with Gasteiger partial charge >= 0.3 is 0 Å². The summed E-state index contributed by atoms with van der Waals surface area (Å²) in [5.74, 6) is 2.44. The van der Waals surface area contributed by atoms with Gasteiger partial charge in [-0.05, 0) is 45.9 Å². The molecule has 8 heteroatoms. The standard InChI is InChI=1S/C25H32N4O3S/c1-15-19(30-4)13-20(31-5)16(2)21(15)18-12-17-14-26-24(33-7)28-22(17)23(27-18)29-10-8-25(3,32-6)9-11-29/h12-14H,8-11H2,1-7H3. The molecule has 0 N–H and O–H groups in total. The lowest BCUT2D eigenvalue weighted by molar-refractivity contribution is -0.0133. The van der Waals surface area contributed by atoms with E-state index in [0.29, 0.717) is 0 Å². The molecule has 3 aromatic rings. The van der Waals surface area contributed by atoms with Crippen LogP contribution >= 0.6 is 11.8 Å². The van der Waals surface area contributed by atoms with Crippen LogP contribution in [0.3, 0.4) is 0 Å². The fourth-order valence-electron chi connectivity index (χ4n) is 4.52. The largest absolute Gasteiger partial charge is 0.496 e. The van der Waals surface area contributed by atoms with Crippen molar-refractivity contribution in [1.29, 1.82) is 0 Å². The molecule has 0 bridgehead atoms. The van der Waals surface area contributed by atoms with E-state index in [2.05, 4.69) is 36.7 Å². The number of rotatable bonds is 6. The normalized spacial score (nSPS) is 15.7. The van der Waals surface area contributed by atoms with Crippen molar-refractivity contribution in [3.05, 3.63) is 29.5 Å². The molecule has 0 unspecified atom stereocenters. The Morgan fingerprint density at radius 2 is 1.61 bits per heavy atom. The average Bonchev–Trinajstić information content (AvgIpc) is 2.84. The number of thioether (sulfide) groups is 1. The smallest absolute Gasteiger partial charge is 0.187 e. The van der Waals surface area contributed by atoms with E-state index >= 15 is 0 Å². The van der Waals surface area contributed by atoms with E-state index in [9.17, 15) is 0 Å². The van der Waals surface area contributed by atoms with Crippen LogP contribution in [0.4, 0.5) is 5.82 Å². The Kier molecular flexibility index (Phi) is 6.68. The van der Waals surface area contributed by atoms with E-state index in [4.69, 9.17) is 24.2 Å². The third-order valence-electron chi connectivity index (χ3n) is 6.77. The van der Waals surface area contributed by atoms with Crippen molar-refractivity contribution >= 4 is 28.5 Å². The molecule has 33 heavy (non-hydrogen) atoms. The predicted octanol–water partition coefficient (Wildman–Crippen LogP) is 5.05. The molecule has 0 spiro atoms. The van der Waals surface area contributed by atoms with E-state index in [1.807, 2.05) is 18.5 Å². The Hall–Kier alpha value is -2.58. The summed E-state index contributed by atoms with van der Waals surface area (Å²) in [6.45, 7) is 8.01. The lowest BCUT2D eigenvalue weighted by Crippen LogP contribution is -2.44. The Balaban J connectivity index is 1.92. The molecule has 0 radical (unpaired) electrons. The molecular weight excluding hydrogens is 436 g/mol. The van der Waals surface area contributed by atoms with Crippen LogP contribution in [0.2, 0.25) is 0 Å². The van der Waals surface area contributed by atoms with Gasteiger partial charge in [-0.25, -0.2) is 15.0 Å². The molecule has 2 aromatic heterocycles. The summed E-state index contributed by atoms with van der Waals surface area (Å²) in [6.07, 6.45) is 5.75. The summed E-state index contributed by atoms with van der Waals surface area (Å²) < 4.78 is 17.0. The summed E-state index contributed by atoms with van der Waals surface area (Å²) in [7, 11) is 5.15. The number of nitrogens with zero attached hydrogens (tertiary/aromatic N) is 4. The predicted molar refractivity (Wildman–Crippen MR) is 134 cm³/mol. The number of fused-ring (bicyclic) bond motifs is 1. The van der Waals surface area contributed by atoms with Gasteiger partial charge in [-0.2, -0.15) is 0 Å². The van der Waals surface area contributed by atoms with E-state index in [1.54, 1.807) is 21.3 Å². The molecule has 1 aromatic carbocycles. The highest BCUT2D eigenvalue weighted by molar-refractivity contribution is 7.98. The first-order chi connectivity index (χ1) is 15.8. The number of piperidine rings is 1. The molecule has 0 amide bonds. The average molecular weight is 469 g/mol. The summed E-state index contributed by atoms with van der Waals surface area (Å²) >= 11 is 1.54. The van der Waals surface area contributed by atoms with Gasteiger partial charge in [0.05, 0.1) is 25.5 Å². The third-order valence-corrected chi connectivity index (χ3v) is 7.33. The quantitative estimate of drug-likeness (QED) is 0.368. The Bertz CT molecular complexity index is 1150. The van der Waals surface area contributed by atoms with Crippen LogP contribution in [0.1, 0.15) is 30.9 Å². The third kappa shape index (κ3) is 4.34. The SMILES string of the molecule is COc1cc(OC)c(C)c(-c2cc3cnc(SC)nc3c(N3CCC(C)(OC)CC3)n2)c1C. The molecule has 1 aliphatic rings. The van der Waals surface area contributed by atoms with Crippen molar-refractivity contribution < 1.29 is 14.2 Å². The van der Waals surface area contributed by atoms with Crippen LogP contribution in [0.15, 0.2) is 23.5 Å². The van der Waals surface area contributed by atoms with Crippen LogP contribution in [0, 0.1) is 13.8 Å². The van der Waals surface area contributed by atoms with Gasteiger partial charge in [0.25, 0.3) is 0 Å². The summed E-state index contributed by atoms with van der Waals surface area (Å²) in [5, 5.41) is 1.71. The van der Waals surface area contributed by atoms with Gasteiger partial charge in [-0.1, -0.05) is 11.8 Å². The minimum Gasteiger partial charge on any atom is -0.496 e. The maximum absolute atomic E-state index is 5.76. The molecule has 1 saturated heterocycles. The fraction of sp³-hybridized carbons (Fsp3) is 0.480. The Morgan fingerprint density at radius 3 is 2.15 bits per heavy atom. The zero-order valence-corrected chi connectivity index (χ0v) is 21.3. The van der Waals surface area contributed by atoms with Gasteiger partial charge < -0.3 is 19.1 Å². The summed E-state index contributed by atoms with van der Waals surface area (Å²) in [6, 6.07) is 4.00. The second kappa shape index (κ2) is 9.35. The van der Waals surface area contributed by atoms with Crippen LogP contribution < -0.4 is 14.4 Å². The monoisotopic (exact) mass is 468 g/mol. The maximum Gasteiger partial charge on any atom is 0.187 e. The lowest BCUT2D eigenvalue weighted by atomic mass is 9.93. The number of hydrogen-bond donors (Lipinski definition) is 0. The zero-order chi connectivity index (χ0) is 23.8. The van der Waals surface area contributed by atoms with Gasteiger partial charge in [-0.15, -0.1) is 0 Å². The number of aromatic nitrogens is 3. The van der Waals surface area contributed by atoms with E-state index in [0.717, 1.165) is 81.7 Å². The number of ether oxygens (including phenoxy) is 3. The fourth-order valence-corrected chi connectivity index (χ4v) is 4.86. The van der Waals surface area contributed by atoms with Gasteiger partial charge in [0, 0.05) is 54.5 Å². The zero-order valence-electron chi connectivity index (χ0n) is 20.5. The van der Waals surface area contributed by atoms with E-state index in [-0.39, 0.29) is 5.60 Å². The van der Waals surface area contributed by atoms with Crippen molar-refractivity contribution in [2.75, 3.05) is 45.6 Å². The highest BCUT2D eigenvalue weighted by Gasteiger charge is 2.31. The lowest BCUT2D eigenvalue weighted by Gasteiger charge is -2.39. The minimum atomic E-state index is -0.101. The highest BCUT2D eigenvalue weighted by Crippen LogP contribution is 2.41. The topological polar surface area (TPSA) is 69.6 Å². The minimum absolute atomic E-state index is 0.101. The molecule has 1 aliphatic heterocycles. The van der Waals surface area contributed by atoms with E-state index in [1.165, 1.54) is 11.8 Å². The van der Waals surface area contributed by atoms with Gasteiger partial charge in [0.1, 0.15) is 17.0 Å². The van der Waals surface area contributed by atoms with Crippen molar-refractivity contribution in [1.82, 2.24) is 15.0 Å². The molecule has 4 rings (SSSR count). The Labute approximate surface area is 199 Å². The molecule has 7 nitrogen and oxygen atoms in total. The van der Waals surface area contributed by atoms with Gasteiger partial charge in [0.2, 0.25) is 0 Å². The number of methoxy groups -OCH3 is 3. The van der Waals surface area contributed by atoms with Crippen molar-refractivity contribution in [2.45, 2.75) is 44.4 Å². The molecular formula is C25H32N4O3S. The number of anilines is 1. The number of hydrogen-bond acceptors (Lipinski definition) is 8. The molecule has 0 aliphatic carbocycles. The van der Waals surface area contributed by atoms with Crippen molar-refractivity contribution in [3.8, 4) is 22.8 Å². The molecule has 0 saturated carbocycles. The highest BCUT2D eigenvalue weighted by atomic mass is 32.2. The molecule has 1 fully saturated rings. The second-order valence-corrected chi connectivity index (χ2v) is 9.45. The maximum atomic E-state index is 5.76. The number of pyridine rings is 1. The van der Waals surface area contributed by atoms with E-state index < -0.39 is 0 Å². The Morgan fingerprint density at radius 1 is 0.970 bits per heavy atom. The van der Waals surface area contributed by atoms with Crippen molar-refractivity contribution in [2.24, 2.45) is 0 Å².